The summed E-state index contributed by atoms with van der Waals surface area (Å²) in [6, 6.07) is -0.545. The van der Waals surface area contributed by atoms with Crippen LogP contribution in [0.1, 0.15) is 367 Å². The molecule has 0 rings (SSSR count). The van der Waals surface area contributed by atoms with Crippen molar-refractivity contribution in [2.24, 2.45) is 0 Å². The molecule has 0 spiro atoms. The number of hydrogen-bond acceptors (Lipinski definition) is 5. The number of unbranched alkanes of at least 4 members (excludes halogenated alkanes) is 47. The average molecular weight is 1030 g/mol. The number of amides is 1. The second-order valence-electron chi connectivity index (χ2n) is 22.8. The molecule has 6 nitrogen and oxygen atoms in total. The number of allylic oxidation sites excluding steroid dienone is 4. The molecule has 2 atom stereocenters. The van der Waals surface area contributed by atoms with Crippen molar-refractivity contribution < 1.29 is 24.5 Å². The molecule has 0 bridgehead atoms. The molecule has 0 aliphatic heterocycles. The largest absolute Gasteiger partial charge is 0.466 e. The standard InChI is InChI=1S/C67H129NO5/c1-3-5-7-9-11-13-15-17-19-20-26-30-33-37-41-45-49-53-57-61-67(72)73-62-58-54-50-46-42-38-34-31-28-25-23-21-22-24-27-29-32-36-40-44-48-52-56-60-66(71)68-64(63-69)65(70)59-55-51-47-43-39-35-18-16-14-12-10-8-6-4-2/h17,19,24,27,64-65,69-70H,3-16,18,20-23,25-26,28-63H2,1-2H3,(H,68,71)/b19-17-,27-24-. The van der Waals surface area contributed by atoms with Gasteiger partial charge in [-0.25, -0.2) is 0 Å². The highest BCUT2D eigenvalue weighted by molar-refractivity contribution is 5.76. The van der Waals surface area contributed by atoms with Gasteiger partial charge in [0, 0.05) is 12.8 Å². The fourth-order valence-electron chi connectivity index (χ4n) is 10.4. The van der Waals surface area contributed by atoms with E-state index in [9.17, 15) is 19.8 Å². The number of ether oxygens (including phenoxy) is 1. The van der Waals surface area contributed by atoms with Gasteiger partial charge in [0.1, 0.15) is 0 Å². The highest BCUT2D eigenvalue weighted by Crippen LogP contribution is 2.18. The maximum atomic E-state index is 12.5. The van der Waals surface area contributed by atoms with Gasteiger partial charge in [-0.2, -0.15) is 0 Å². The first-order valence-electron chi connectivity index (χ1n) is 33.1. The van der Waals surface area contributed by atoms with Crippen LogP contribution in [0.15, 0.2) is 24.3 Å². The first-order valence-corrected chi connectivity index (χ1v) is 33.1. The molecule has 73 heavy (non-hydrogen) atoms. The zero-order chi connectivity index (χ0) is 52.9. The summed E-state index contributed by atoms with van der Waals surface area (Å²) in [5.74, 6) is -0.0278. The molecule has 0 aromatic carbocycles. The number of aliphatic hydroxyl groups is 2. The van der Waals surface area contributed by atoms with E-state index in [4.69, 9.17) is 4.74 Å². The zero-order valence-electron chi connectivity index (χ0n) is 49.4. The topological polar surface area (TPSA) is 95.9 Å². The van der Waals surface area contributed by atoms with Crippen molar-refractivity contribution in [3.8, 4) is 0 Å². The third-order valence-corrected chi connectivity index (χ3v) is 15.5. The maximum Gasteiger partial charge on any atom is 0.305 e. The van der Waals surface area contributed by atoms with Gasteiger partial charge in [0.15, 0.2) is 0 Å². The fraction of sp³-hybridized carbons (Fsp3) is 0.910. The van der Waals surface area contributed by atoms with E-state index in [1.54, 1.807) is 0 Å². The number of nitrogens with one attached hydrogen (secondary N) is 1. The van der Waals surface area contributed by atoms with Crippen molar-refractivity contribution >= 4 is 11.9 Å². The molecule has 0 aliphatic rings. The Balaban J connectivity index is 3.38. The van der Waals surface area contributed by atoms with Crippen LogP contribution < -0.4 is 5.32 Å². The Kier molecular flexibility index (Phi) is 61.4. The number of hydrogen-bond donors (Lipinski definition) is 3. The molecular formula is C67H129NO5. The average Bonchev–Trinajstić information content (AvgIpc) is 3.39. The minimum atomic E-state index is -0.667. The molecule has 6 heteroatoms. The lowest BCUT2D eigenvalue weighted by atomic mass is 10.0. The van der Waals surface area contributed by atoms with Crippen LogP contribution in [0.3, 0.4) is 0 Å². The number of carbonyl (C=O) groups excluding carboxylic acids is 2. The van der Waals surface area contributed by atoms with Crippen LogP contribution >= 0.6 is 0 Å². The normalized spacial score (nSPS) is 12.7. The van der Waals surface area contributed by atoms with Gasteiger partial charge in [-0.3, -0.25) is 9.59 Å². The summed E-state index contributed by atoms with van der Waals surface area (Å²) in [5.41, 5.74) is 0. The quantitative estimate of drug-likeness (QED) is 0.0320. The van der Waals surface area contributed by atoms with Gasteiger partial charge in [0.2, 0.25) is 5.91 Å². The second-order valence-corrected chi connectivity index (χ2v) is 22.8. The summed E-state index contributed by atoms with van der Waals surface area (Å²) in [6.45, 7) is 4.97. The third kappa shape index (κ3) is 59.4. The molecule has 0 saturated carbocycles. The van der Waals surface area contributed by atoms with E-state index in [1.165, 1.54) is 289 Å². The van der Waals surface area contributed by atoms with Gasteiger partial charge in [-0.15, -0.1) is 0 Å². The van der Waals surface area contributed by atoms with Crippen molar-refractivity contribution in [1.82, 2.24) is 5.32 Å². The summed E-state index contributed by atoms with van der Waals surface area (Å²) in [6.07, 6.45) is 77.7. The van der Waals surface area contributed by atoms with E-state index in [1.807, 2.05) is 0 Å². The monoisotopic (exact) mass is 1030 g/mol. The summed E-state index contributed by atoms with van der Waals surface area (Å²) in [4.78, 5) is 24.6. The number of carbonyl (C=O) groups is 2. The molecule has 1 amide bonds. The molecule has 432 valence electrons. The van der Waals surface area contributed by atoms with Gasteiger partial charge in [0.05, 0.1) is 25.4 Å². The minimum absolute atomic E-state index is 0.0117. The van der Waals surface area contributed by atoms with Crippen molar-refractivity contribution in [2.75, 3.05) is 13.2 Å². The van der Waals surface area contributed by atoms with E-state index < -0.39 is 12.1 Å². The SMILES string of the molecule is CCCCCCCC/C=C\CCCCCCCCCCCC(=O)OCCCCCCCCCCCCCC/C=C\CCCCCCCCCC(=O)NC(CO)C(O)CCCCCCCCCCCCCCCC. The molecule has 0 aliphatic carbocycles. The van der Waals surface area contributed by atoms with Gasteiger partial charge < -0.3 is 20.3 Å². The molecular weight excluding hydrogens is 899 g/mol. The molecule has 0 radical (unpaired) electrons. The predicted octanol–water partition coefficient (Wildman–Crippen LogP) is 21.0. The lowest BCUT2D eigenvalue weighted by Crippen LogP contribution is -2.45. The smallest absolute Gasteiger partial charge is 0.305 e. The summed E-state index contributed by atoms with van der Waals surface area (Å²) >= 11 is 0. The molecule has 3 N–H and O–H groups in total. The van der Waals surface area contributed by atoms with Crippen LogP contribution in [0.4, 0.5) is 0 Å². The summed E-state index contributed by atoms with van der Waals surface area (Å²) in [5, 5.41) is 23.3. The fourth-order valence-corrected chi connectivity index (χ4v) is 10.4. The van der Waals surface area contributed by atoms with Crippen molar-refractivity contribution in [3.05, 3.63) is 24.3 Å². The molecule has 0 saturated heterocycles. The van der Waals surface area contributed by atoms with Crippen LogP contribution in [-0.2, 0) is 14.3 Å². The Bertz CT molecular complexity index is 1140. The van der Waals surface area contributed by atoms with E-state index in [-0.39, 0.29) is 18.5 Å². The van der Waals surface area contributed by atoms with E-state index >= 15 is 0 Å². The number of aliphatic hydroxyl groups excluding tert-OH is 2. The highest BCUT2D eigenvalue weighted by atomic mass is 16.5. The summed E-state index contributed by atoms with van der Waals surface area (Å²) in [7, 11) is 0. The van der Waals surface area contributed by atoms with Crippen LogP contribution in [0.25, 0.3) is 0 Å². The van der Waals surface area contributed by atoms with Crippen LogP contribution in [0, 0.1) is 0 Å². The number of esters is 1. The predicted molar refractivity (Wildman–Crippen MR) is 320 cm³/mol. The maximum absolute atomic E-state index is 12.5. The van der Waals surface area contributed by atoms with Crippen LogP contribution in [0.5, 0.6) is 0 Å². The van der Waals surface area contributed by atoms with Crippen molar-refractivity contribution in [2.45, 2.75) is 379 Å². The lowest BCUT2D eigenvalue weighted by molar-refractivity contribution is -0.143. The third-order valence-electron chi connectivity index (χ3n) is 15.5. The molecule has 0 fully saturated rings. The minimum Gasteiger partial charge on any atom is -0.466 e. The Hall–Kier alpha value is -1.66. The second kappa shape index (κ2) is 62.9. The zero-order valence-corrected chi connectivity index (χ0v) is 49.4. The molecule has 0 aromatic heterocycles. The Morgan fingerprint density at radius 3 is 0.973 bits per heavy atom. The summed E-state index contributed by atoms with van der Waals surface area (Å²) < 4.78 is 5.50. The Morgan fingerprint density at radius 1 is 0.370 bits per heavy atom. The highest BCUT2D eigenvalue weighted by Gasteiger charge is 2.20. The van der Waals surface area contributed by atoms with Gasteiger partial charge in [-0.1, -0.05) is 301 Å². The lowest BCUT2D eigenvalue weighted by Gasteiger charge is -2.22. The first-order chi connectivity index (χ1) is 36.0. The van der Waals surface area contributed by atoms with Gasteiger partial charge in [-0.05, 0) is 77.0 Å². The van der Waals surface area contributed by atoms with Crippen LogP contribution in [-0.4, -0.2) is 47.4 Å². The first kappa shape index (κ1) is 71.3. The van der Waals surface area contributed by atoms with Crippen LogP contribution in [0.2, 0.25) is 0 Å². The Labute approximate surface area is 456 Å². The van der Waals surface area contributed by atoms with E-state index in [0.29, 0.717) is 25.9 Å². The molecule has 2 unspecified atom stereocenters. The molecule has 0 heterocycles. The molecule has 0 aromatic rings. The van der Waals surface area contributed by atoms with Gasteiger partial charge in [0.25, 0.3) is 0 Å². The van der Waals surface area contributed by atoms with Crippen molar-refractivity contribution in [1.29, 1.82) is 0 Å². The van der Waals surface area contributed by atoms with Crippen molar-refractivity contribution in [3.63, 3.8) is 0 Å². The van der Waals surface area contributed by atoms with E-state index in [0.717, 1.165) is 44.9 Å². The van der Waals surface area contributed by atoms with Gasteiger partial charge >= 0.3 is 5.97 Å². The number of rotatable bonds is 62. The Morgan fingerprint density at radius 2 is 0.644 bits per heavy atom. The van der Waals surface area contributed by atoms with E-state index in [2.05, 4.69) is 43.5 Å².